The molecule has 0 amide bonds. The highest BCUT2D eigenvalue weighted by molar-refractivity contribution is 5.31. The number of nitrogens with two attached hydrogens (primary N) is 1. The molecule has 14 heavy (non-hydrogen) atoms. The average Bonchev–Trinajstić information content (AvgIpc) is 2.42. The van der Waals surface area contributed by atoms with Crippen molar-refractivity contribution in [2.24, 2.45) is 13.0 Å². The van der Waals surface area contributed by atoms with Crippen LogP contribution < -0.4 is 5.73 Å². The maximum Gasteiger partial charge on any atom is 0.121 e. The molecule has 1 rings (SSSR count). The monoisotopic (exact) mass is 195 g/mol. The van der Waals surface area contributed by atoms with Crippen molar-refractivity contribution in [2.45, 2.75) is 39.5 Å². The van der Waals surface area contributed by atoms with Gasteiger partial charge in [0.1, 0.15) is 5.82 Å². The average molecular weight is 195 g/mol. The predicted molar refractivity (Wildman–Crippen MR) is 60.1 cm³/mol. The Hall–Kier alpha value is -0.990. The van der Waals surface area contributed by atoms with Crippen LogP contribution in [0.2, 0.25) is 0 Å². The maximum atomic E-state index is 5.76. The molecule has 0 aromatic carbocycles. The molecule has 2 N–H and O–H groups in total. The molecule has 1 aromatic heterocycles. The van der Waals surface area contributed by atoms with Gasteiger partial charge in [0, 0.05) is 19.0 Å². The largest absolute Gasteiger partial charge is 0.384 e. The topological polar surface area (TPSA) is 43.8 Å². The lowest BCUT2D eigenvalue weighted by Crippen LogP contribution is -2.03. The zero-order chi connectivity index (χ0) is 10.7. The fraction of sp³-hybridized carbons (Fsp3) is 0.727. The number of aromatic nitrogens is 2. The molecule has 3 nitrogen and oxygen atoms in total. The summed E-state index contributed by atoms with van der Waals surface area (Å²) < 4.78 is 1.75. The molecule has 1 heterocycles. The van der Waals surface area contributed by atoms with Crippen LogP contribution in [0.15, 0.2) is 6.07 Å². The van der Waals surface area contributed by atoms with E-state index in [0.717, 1.165) is 17.9 Å². The molecule has 0 bridgehead atoms. The van der Waals surface area contributed by atoms with Crippen molar-refractivity contribution in [3.8, 4) is 0 Å². The van der Waals surface area contributed by atoms with Crippen molar-refractivity contribution < 1.29 is 0 Å². The summed E-state index contributed by atoms with van der Waals surface area (Å²) in [4.78, 5) is 0. The van der Waals surface area contributed by atoms with Crippen molar-refractivity contribution in [3.63, 3.8) is 0 Å². The van der Waals surface area contributed by atoms with Crippen LogP contribution in [-0.4, -0.2) is 9.78 Å². The first-order valence-corrected chi connectivity index (χ1v) is 5.34. The molecular weight excluding hydrogens is 174 g/mol. The summed E-state index contributed by atoms with van der Waals surface area (Å²) in [5.41, 5.74) is 6.90. The van der Waals surface area contributed by atoms with Gasteiger partial charge in [-0.15, -0.1) is 0 Å². The van der Waals surface area contributed by atoms with E-state index in [-0.39, 0.29) is 0 Å². The van der Waals surface area contributed by atoms with Crippen LogP contribution in [0.5, 0.6) is 0 Å². The number of hydrogen-bond acceptors (Lipinski definition) is 2. The summed E-state index contributed by atoms with van der Waals surface area (Å²) in [7, 11) is 1.89. The molecule has 80 valence electrons. The molecule has 1 atom stereocenters. The minimum atomic E-state index is 0.554. The van der Waals surface area contributed by atoms with Crippen molar-refractivity contribution in [1.29, 1.82) is 0 Å². The van der Waals surface area contributed by atoms with E-state index in [0.29, 0.717) is 11.8 Å². The van der Waals surface area contributed by atoms with E-state index in [2.05, 4.69) is 25.9 Å². The van der Waals surface area contributed by atoms with Gasteiger partial charge in [-0.05, 0) is 18.8 Å². The summed E-state index contributed by atoms with van der Waals surface area (Å²) in [6, 6.07) is 2.00. The minimum Gasteiger partial charge on any atom is -0.384 e. The lowest BCUT2D eigenvalue weighted by Gasteiger charge is -2.14. The third-order valence-electron chi connectivity index (χ3n) is 2.60. The number of nitrogens with zero attached hydrogens (tertiary/aromatic N) is 2. The Labute approximate surface area is 86.3 Å². The molecule has 0 aliphatic heterocycles. The Kier molecular flexibility index (Phi) is 3.55. The van der Waals surface area contributed by atoms with Gasteiger partial charge in [-0.2, -0.15) is 5.10 Å². The summed E-state index contributed by atoms with van der Waals surface area (Å²) in [6.45, 7) is 6.70. The summed E-state index contributed by atoms with van der Waals surface area (Å²) in [5.74, 6) is 2.02. The highest BCUT2D eigenvalue weighted by Crippen LogP contribution is 2.26. The molecule has 0 radical (unpaired) electrons. The number of hydrogen-bond donors (Lipinski definition) is 1. The Balaban J connectivity index is 2.78. The van der Waals surface area contributed by atoms with Crippen molar-refractivity contribution in [3.05, 3.63) is 11.8 Å². The fourth-order valence-electron chi connectivity index (χ4n) is 1.77. The number of nitrogen functional groups attached to an aromatic ring is 1. The first-order valence-electron chi connectivity index (χ1n) is 5.34. The second-order valence-electron chi connectivity index (χ2n) is 4.35. The smallest absolute Gasteiger partial charge is 0.121 e. The molecular formula is C11H21N3. The van der Waals surface area contributed by atoms with Gasteiger partial charge < -0.3 is 5.73 Å². The van der Waals surface area contributed by atoms with Crippen LogP contribution in [0.25, 0.3) is 0 Å². The van der Waals surface area contributed by atoms with E-state index < -0.39 is 0 Å². The van der Waals surface area contributed by atoms with Crippen LogP contribution >= 0.6 is 0 Å². The predicted octanol–water partition coefficient (Wildman–Crippen LogP) is 2.54. The SMILES string of the molecule is CCC(CC(C)C)c1cc(N)n(C)n1. The van der Waals surface area contributed by atoms with Gasteiger partial charge in [0.2, 0.25) is 0 Å². The Morgan fingerprint density at radius 2 is 2.14 bits per heavy atom. The van der Waals surface area contributed by atoms with E-state index in [1.807, 2.05) is 13.1 Å². The quantitative estimate of drug-likeness (QED) is 0.802. The van der Waals surface area contributed by atoms with Gasteiger partial charge in [-0.3, -0.25) is 4.68 Å². The lowest BCUT2D eigenvalue weighted by molar-refractivity contribution is 0.477. The van der Waals surface area contributed by atoms with Crippen LogP contribution in [0, 0.1) is 5.92 Å². The standard InChI is InChI=1S/C11H21N3/c1-5-9(6-8(2)3)10-7-11(12)14(4)13-10/h7-9H,5-6,12H2,1-4H3. The van der Waals surface area contributed by atoms with E-state index in [1.165, 1.54) is 6.42 Å². The van der Waals surface area contributed by atoms with Gasteiger partial charge in [0.05, 0.1) is 5.69 Å². The van der Waals surface area contributed by atoms with Crippen molar-refractivity contribution in [2.75, 3.05) is 5.73 Å². The van der Waals surface area contributed by atoms with E-state index >= 15 is 0 Å². The summed E-state index contributed by atoms with van der Waals surface area (Å²) in [6.07, 6.45) is 2.32. The Bertz CT molecular complexity index is 269. The Morgan fingerprint density at radius 3 is 2.50 bits per heavy atom. The molecule has 0 aliphatic rings. The van der Waals surface area contributed by atoms with Crippen LogP contribution in [-0.2, 0) is 7.05 Å². The van der Waals surface area contributed by atoms with Crippen molar-refractivity contribution in [1.82, 2.24) is 9.78 Å². The number of aryl methyl sites for hydroxylation is 1. The lowest BCUT2D eigenvalue weighted by atomic mass is 9.92. The van der Waals surface area contributed by atoms with E-state index in [1.54, 1.807) is 4.68 Å². The van der Waals surface area contributed by atoms with Gasteiger partial charge in [-0.25, -0.2) is 0 Å². The second kappa shape index (κ2) is 4.49. The maximum absolute atomic E-state index is 5.76. The highest BCUT2D eigenvalue weighted by atomic mass is 15.3. The van der Waals surface area contributed by atoms with E-state index in [4.69, 9.17) is 5.73 Å². The third kappa shape index (κ3) is 2.50. The van der Waals surface area contributed by atoms with E-state index in [9.17, 15) is 0 Å². The normalized spacial score (nSPS) is 13.5. The first-order chi connectivity index (χ1) is 6.54. The molecule has 0 saturated heterocycles. The van der Waals surface area contributed by atoms with Gasteiger partial charge in [-0.1, -0.05) is 20.8 Å². The molecule has 0 spiro atoms. The number of rotatable bonds is 4. The first kappa shape index (κ1) is 11.1. The summed E-state index contributed by atoms with van der Waals surface area (Å²) >= 11 is 0. The Morgan fingerprint density at radius 1 is 1.50 bits per heavy atom. The van der Waals surface area contributed by atoms with Crippen molar-refractivity contribution >= 4 is 5.82 Å². The molecule has 0 aliphatic carbocycles. The second-order valence-corrected chi connectivity index (χ2v) is 4.35. The van der Waals surface area contributed by atoms with Gasteiger partial charge >= 0.3 is 0 Å². The van der Waals surface area contributed by atoms with Crippen LogP contribution in [0.1, 0.15) is 45.2 Å². The fourth-order valence-corrected chi connectivity index (χ4v) is 1.77. The molecule has 0 fully saturated rings. The minimum absolute atomic E-state index is 0.554. The third-order valence-corrected chi connectivity index (χ3v) is 2.60. The van der Waals surface area contributed by atoms with Gasteiger partial charge in [0.25, 0.3) is 0 Å². The zero-order valence-electron chi connectivity index (χ0n) is 9.62. The zero-order valence-corrected chi connectivity index (χ0v) is 9.62. The molecule has 1 unspecified atom stereocenters. The molecule has 0 saturated carbocycles. The number of anilines is 1. The van der Waals surface area contributed by atoms with Gasteiger partial charge in [0.15, 0.2) is 0 Å². The van der Waals surface area contributed by atoms with Crippen LogP contribution in [0.3, 0.4) is 0 Å². The molecule has 3 heteroatoms. The van der Waals surface area contributed by atoms with Crippen LogP contribution in [0.4, 0.5) is 5.82 Å². The molecule has 1 aromatic rings. The summed E-state index contributed by atoms with van der Waals surface area (Å²) in [5, 5.41) is 4.43. The highest BCUT2D eigenvalue weighted by Gasteiger charge is 2.15.